The average molecular weight is 166 g/mol. The molecule has 0 saturated heterocycles. The van der Waals surface area contributed by atoms with Gasteiger partial charge in [0, 0.05) is 0 Å². The highest BCUT2D eigenvalue weighted by atomic mass is 14.6. The molecular formula is C12H22. The molecule has 0 spiro atoms. The molecule has 12 heavy (non-hydrogen) atoms. The maximum Gasteiger partial charge on any atom is -0.0238 e. The largest absolute Gasteiger partial charge is 0.0615 e. The Hall–Kier alpha value is 0. The molecule has 2 fully saturated rings. The van der Waals surface area contributed by atoms with Gasteiger partial charge in [-0.2, -0.15) is 0 Å². The van der Waals surface area contributed by atoms with Crippen LogP contribution in [0.2, 0.25) is 0 Å². The predicted octanol–water partition coefficient (Wildman–Crippen LogP) is 3.86. The van der Waals surface area contributed by atoms with Gasteiger partial charge in [-0.25, -0.2) is 0 Å². The van der Waals surface area contributed by atoms with Gasteiger partial charge < -0.3 is 0 Å². The third kappa shape index (κ3) is 1.20. The van der Waals surface area contributed by atoms with Gasteiger partial charge in [-0.05, 0) is 48.3 Å². The molecule has 2 rings (SSSR count). The van der Waals surface area contributed by atoms with Gasteiger partial charge in [0.2, 0.25) is 0 Å². The van der Waals surface area contributed by atoms with Crippen LogP contribution in [-0.4, -0.2) is 0 Å². The second-order valence-corrected chi connectivity index (χ2v) is 6.10. The zero-order valence-corrected chi connectivity index (χ0v) is 8.98. The summed E-state index contributed by atoms with van der Waals surface area (Å²) in [5.41, 5.74) is 1.33. The van der Waals surface area contributed by atoms with Gasteiger partial charge in [0.15, 0.2) is 0 Å². The van der Waals surface area contributed by atoms with Crippen molar-refractivity contribution in [2.75, 3.05) is 0 Å². The maximum atomic E-state index is 2.48. The molecular weight excluding hydrogens is 144 g/mol. The molecule has 0 aromatic heterocycles. The molecule has 70 valence electrons. The SMILES string of the molecule is CC(C(C)(C)C)C1(C2CC2)CC1. The Morgan fingerprint density at radius 2 is 1.67 bits per heavy atom. The molecule has 1 atom stereocenters. The summed E-state index contributed by atoms with van der Waals surface area (Å²) in [5, 5.41) is 0. The minimum absolute atomic E-state index is 0.527. The van der Waals surface area contributed by atoms with E-state index < -0.39 is 0 Å². The van der Waals surface area contributed by atoms with E-state index in [0.717, 1.165) is 17.3 Å². The van der Waals surface area contributed by atoms with Crippen LogP contribution in [0.3, 0.4) is 0 Å². The Kier molecular flexibility index (Phi) is 1.63. The first-order chi connectivity index (χ1) is 5.47. The van der Waals surface area contributed by atoms with Crippen LogP contribution < -0.4 is 0 Å². The molecule has 0 aromatic rings. The Morgan fingerprint density at radius 3 is 1.92 bits per heavy atom. The second-order valence-electron chi connectivity index (χ2n) is 6.10. The van der Waals surface area contributed by atoms with Gasteiger partial charge in [-0.1, -0.05) is 27.7 Å². The van der Waals surface area contributed by atoms with Crippen molar-refractivity contribution in [3.05, 3.63) is 0 Å². The zero-order valence-electron chi connectivity index (χ0n) is 8.98. The molecule has 2 aliphatic carbocycles. The van der Waals surface area contributed by atoms with Crippen molar-refractivity contribution in [1.82, 2.24) is 0 Å². The first kappa shape index (κ1) is 8.59. The van der Waals surface area contributed by atoms with E-state index in [1.165, 1.54) is 25.7 Å². The van der Waals surface area contributed by atoms with Crippen molar-refractivity contribution in [3.8, 4) is 0 Å². The first-order valence-corrected chi connectivity index (χ1v) is 5.47. The van der Waals surface area contributed by atoms with Crippen LogP contribution in [0.25, 0.3) is 0 Å². The molecule has 0 aromatic carbocycles. The lowest BCUT2D eigenvalue weighted by atomic mass is 9.70. The highest BCUT2D eigenvalue weighted by Crippen LogP contribution is 2.68. The smallest absolute Gasteiger partial charge is 0.0238 e. The van der Waals surface area contributed by atoms with E-state index in [2.05, 4.69) is 27.7 Å². The van der Waals surface area contributed by atoms with E-state index in [4.69, 9.17) is 0 Å². The summed E-state index contributed by atoms with van der Waals surface area (Å²) in [6.07, 6.45) is 6.10. The van der Waals surface area contributed by atoms with Crippen molar-refractivity contribution in [2.45, 2.75) is 53.4 Å². The summed E-state index contributed by atoms with van der Waals surface area (Å²) in [6, 6.07) is 0. The molecule has 0 amide bonds. The number of hydrogen-bond donors (Lipinski definition) is 0. The lowest BCUT2D eigenvalue weighted by molar-refractivity contribution is 0.139. The molecule has 0 bridgehead atoms. The van der Waals surface area contributed by atoms with E-state index in [1.807, 2.05) is 0 Å². The molecule has 0 N–H and O–H groups in total. The summed E-state index contributed by atoms with van der Waals surface area (Å²) in [5.74, 6) is 2.05. The molecule has 0 radical (unpaired) electrons. The first-order valence-electron chi connectivity index (χ1n) is 5.47. The highest BCUT2D eigenvalue weighted by Gasteiger charge is 2.58. The lowest BCUT2D eigenvalue weighted by Gasteiger charge is -2.35. The highest BCUT2D eigenvalue weighted by molar-refractivity contribution is 5.08. The average Bonchev–Trinajstić information content (AvgIpc) is 2.78. The molecule has 0 nitrogen and oxygen atoms in total. The van der Waals surface area contributed by atoms with Gasteiger partial charge >= 0.3 is 0 Å². The summed E-state index contributed by atoms with van der Waals surface area (Å²) >= 11 is 0. The van der Waals surface area contributed by atoms with Crippen LogP contribution >= 0.6 is 0 Å². The summed E-state index contributed by atoms with van der Waals surface area (Å²) in [4.78, 5) is 0. The Labute approximate surface area is 76.7 Å². The van der Waals surface area contributed by atoms with Crippen LogP contribution in [0, 0.1) is 22.7 Å². The van der Waals surface area contributed by atoms with Crippen molar-refractivity contribution >= 4 is 0 Å². The van der Waals surface area contributed by atoms with Crippen LogP contribution in [-0.2, 0) is 0 Å². The Bertz CT molecular complexity index is 177. The van der Waals surface area contributed by atoms with Crippen LogP contribution in [0.4, 0.5) is 0 Å². The number of rotatable bonds is 2. The van der Waals surface area contributed by atoms with Crippen molar-refractivity contribution in [2.24, 2.45) is 22.7 Å². The maximum absolute atomic E-state index is 2.48. The lowest BCUT2D eigenvalue weighted by Crippen LogP contribution is -2.28. The fourth-order valence-electron chi connectivity index (χ4n) is 2.86. The van der Waals surface area contributed by atoms with Gasteiger partial charge in [-0.15, -0.1) is 0 Å². The van der Waals surface area contributed by atoms with Crippen LogP contribution in [0.5, 0.6) is 0 Å². The topological polar surface area (TPSA) is 0 Å². The monoisotopic (exact) mass is 166 g/mol. The molecule has 2 aliphatic rings. The minimum atomic E-state index is 0.527. The zero-order chi connectivity index (χ0) is 8.98. The van der Waals surface area contributed by atoms with E-state index in [1.54, 1.807) is 0 Å². The third-order valence-electron chi connectivity index (χ3n) is 4.38. The molecule has 0 heterocycles. The molecule has 0 heteroatoms. The third-order valence-corrected chi connectivity index (χ3v) is 4.38. The fourth-order valence-corrected chi connectivity index (χ4v) is 2.86. The van der Waals surface area contributed by atoms with Crippen molar-refractivity contribution < 1.29 is 0 Å². The minimum Gasteiger partial charge on any atom is -0.0615 e. The van der Waals surface area contributed by atoms with E-state index in [0.29, 0.717) is 5.41 Å². The molecule has 2 saturated carbocycles. The van der Waals surface area contributed by atoms with E-state index >= 15 is 0 Å². The Balaban J connectivity index is 2.07. The van der Waals surface area contributed by atoms with Crippen LogP contribution in [0.15, 0.2) is 0 Å². The summed E-state index contributed by atoms with van der Waals surface area (Å²) in [7, 11) is 0. The van der Waals surface area contributed by atoms with Gasteiger partial charge in [-0.3, -0.25) is 0 Å². The predicted molar refractivity (Wildman–Crippen MR) is 53.0 cm³/mol. The second kappa shape index (κ2) is 2.27. The van der Waals surface area contributed by atoms with Gasteiger partial charge in [0.25, 0.3) is 0 Å². The van der Waals surface area contributed by atoms with E-state index in [9.17, 15) is 0 Å². The van der Waals surface area contributed by atoms with Gasteiger partial charge in [0.1, 0.15) is 0 Å². The summed E-state index contributed by atoms with van der Waals surface area (Å²) < 4.78 is 0. The standard InChI is InChI=1S/C12H22/c1-9(11(2,3)4)12(7-8-12)10-5-6-10/h9-10H,5-8H2,1-4H3. The van der Waals surface area contributed by atoms with Crippen molar-refractivity contribution in [1.29, 1.82) is 0 Å². The van der Waals surface area contributed by atoms with Crippen molar-refractivity contribution in [3.63, 3.8) is 0 Å². The normalized spacial score (nSPS) is 30.0. The summed E-state index contributed by atoms with van der Waals surface area (Å²) in [6.45, 7) is 9.69. The molecule has 0 aliphatic heterocycles. The van der Waals surface area contributed by atoms with E-state index in [-0.39, 0.29) is 0 Å². The number of hydrogen-bond acceptors (Lipinski definition) is 0. The molecule has 1 unspecified atom stereocenters. The van der Waals surface area contributed by atoms with Crippen LogP contribution in [0.1, 0.15) is 53.4 Å². The quantitative estimate of drug-likeness (QED) is 0.584. The Morgan fingerprint density at radius 1 is 1.17 bits per heavy atom. The fraction of sp³-hybridized carbons (Fsp3) is 1.00. The van der Waals surface area contributed by atoms with Gasteiger partial charge in [0.05, 0.1) is 0 Å².